The molecule has 0 aromatic heterocycles. The van der Waals surface area contributed by atoms with Gasteiger partial charge in [-0.1, -0.05) is 5.16 Å². The fraction of sp³-hybridized carbons (Fsp3) is 0.500. The Labute approximate surface area is 122 Å². The normalized spacial score (nSPS) is 19.2. The van der Waals surface area contributed by atoms with Crippen LogP contribution in [0.15, 0.2) is 11.2 Å². The highest BCUT2D eigenvalue weighted by Crippen LogP contribution is 2.49. The summed E-state index contributed by atoms with van der Waals surface area (Å²) in [6.07, 6.45) is 1.03. The summed E-state index contributed by atoms with van der Waals surface area (Å²) >= 11 is 0. The molecular weight excluding hydrogens is 278 g/mol. The van der Waals surface area contributed by atoms with Gasteiger partial charge in [0.25, 0.3) is 0 Å². The number of ether oxygens (including phenoxy) is 4. The van der Waals surface area contributed by atoms with E-state index in [4.69, 9.17) is 28.9 Å². The van der Waals surface area contributed by atoms with Gasteiger partial charge in [0.15, 0.2) is 11.5 Å². The first-order chi connectivity index (χ1) is 10.3. The second-order valence-electron chi connectivity index (χ2n) is 4.79. The summed E-state index contributed by atoms with van der Waals surface area (Å²) in [6, 6.07) is 1.85. The Kier molecular flexibility index (Phi) is 3.74. The molecule has 0 radical (unpaired) electrons. The highest BCUT2D eigenvalue weighted by molar-refractivity contribution is 5.86. The van der Waals surface area contributed by atoms with Crippen LogP contribution in [0.1, 0.15) is 12.0 Å². The van der Waals surface area contributed by atoms with Crippen molar-refractivity contribution in [1.29, 1.82) is 0 Å². The van der Waals surface area contributed by atoms with Crippen molar-refractivity contribution >= 4 is 5.71 Å². The SMILES string of the molecule is COc1cc(C[C@@H]2CC(CO)=NO2)c(OC)c2c1OCO2. The molecule has 2 heterocycles. The maximum Gasteiger partial charge on any atom is 0.231 e. The maximum absolute atomic E-state index is 9.07. The van der Waals surface area contributed by atoms with E-state index in [1.807, 2.05) is 6.07 Å². The summed E-state index contributed by atoms with van der Waals surface area (Å²) in [5.41, 5.74) is 1.53. The molecule has 0 fully saturated rings. The molecule has 0 amide bonds. The molecule has 0 bridgehead atoms. The van der Waals surface area contributed by atoms with Gasteiger partial charge in [0.05, 0.1) is 26.5 Å². The monoisotopic (exact) mass is 295 g/mol. The zero-order valence-electron chi connectivity index (χ0n) is 11.9. The topological polar surface area (TPSA) is 78.7 Å². The van der Waals surface area contributed by atoms with E-state index in [0.29, 0.717) is 41.6 Å². The molecule has 1 N–H and O–H groups in total. The van der Waals surface area contributed by atoms with Gasteiger partial charge in [0.1, 0.15) is 6.10 Å². The molecule has 3 rings (SSSR count). The lowest BCUT2D eigenvalue weighted by molar-refractivity contribution is 0.0852. The molecule has 0 unspecified atom stereocenters. The minimum Gasteiger partial charge on any atom is -0.493 e. The Morgan fingerprint density at radius 2 is 2.10 bits per heavy atom. The fourth-order valence-electron chi connectivity index (χ4n) is 2.53. The highest BCUT2D eigenvalue weighted by atomic mass is 16.7. The van der Waals surface area contributed by atoms with Crippen molar-refractivity contribution in [1.82, 2.24) is 0 Å². The van der Waals surface area contributed by atoms with Gasteiger partial charge in [0.2, 0.25) is 18.3 Å². The van der Waals surface area contributed by atoms with E-state index >= 15 is 0 Å². The molecule has 114 valence electrons. The molecule has 1 atom stereocenters. The number of methoxy groups -OCH3 is 2. The first-order valence-electron chi connectivity index (χ1n) is 6.62. The summed E-state index contributed by atoms with van der Waals surface area (Å²) in [5.74, 6) is 2.31. The zero-order valence-corrected chi connectivity index (χ0v) is 11.9. The Bertz CT molecular complexity index is 571. The minimum absolute atomic E-state index is 0.0852. The summed E-state index contributed by atoms with van der Waals surface area (Å²) in [5, 5.41) is 12.9. The molecule has 0 aliphatic carbocycles. The Balaban J connectivity index is 1.88. The van der Waals surface area contributed by atoms with Crippen LogP contribution in [0.5, 0.6) is 23.0 Å². The van der Waals surface area contributed by atoms with E-state index in [9.17, 15) is 0 Å². The number of fused-ring (bicyclic) bond motifs is 1. The van der Waals surface area contributed by atoms with Gasteiger partial charge in [-0.25, -0.2) is 0 Å². The molecule has 7 nitrogen and oxygen atoms in total. The number of rotatable bonds is 5. The van der Waals surface area contributed by atoms with Crippen molar-refractivity contribution in [2.75, 3.05) is 27.6 Å². The Morgan fingerprint density at radius 1 is 1.29 bits per heavy atom. The molecule has 0 saturated heterocycles. The van der Waals surface area contributed by atoms with Crippen LogP contribution in [0, 0.1) is 0 Å². The van der Waals surface area contributed by atoms with Gasteiger partial charge in [-0.05, 0) is 6.07 Å². The van der Waals surface area contributed by atoms with Crippen LogP contribution >= 0.6 is 0 Å². The Hall–Kier alpha value is -2.15. The summed E-state index contributed by atoms with van der Waals surface area (Å²) in [7, 11) is 3.16. The molecule has 0 spiro atoms. The molecule has 0 saturated carbocycles. The predicted molar refractivity (Wildman–Crippen MR) is 73.4 cm³/mol. The minimum atomic E-state index is -0.133. The lowest BCUT2D eigenvalue weighted by atomic mass is 10.0. The van der Waals surface area contributed by atoms with E-state index in [1.165, 1.54) is 0 Å². The first kappa shape index (κ1) is 13.8. The summed E-state index contributed by atoms with van der Waals surface area (Å²) < 4.78 is 21.7. The molecule has 2 aliphatic heterocycles. The van der Waals surface area contributed by atoms with E-state index in [0.717, 1.165) is 5.56 Å². The van der Waals surface area contributed by atoms with Crippen LogP contribution in [0.3, 0.4) is 0 Å². The zero-order chi connectivity index (χ0) is 14.8. The fourth-order valence-corrected chi connectivity index (χ4v) is 2.53. The third-order valence-electron chi connectivity index (χ3n) is 3.49. The molecule has 7 heteroatoms. The van der Waals surface area contributed by atoms with Crippen LogP contribution in [-0.2, 0) is 11.3 Å². The van der Waals surface area contributed by atoms with Crippen LogP contribution in [0.4, 0.5) is 0 Å². The average molecular weight is 295 g/mol. The van der Waals surface area contributed by atoms with Crippen LogP contribution in [0.25, 0.3) is 0 Å². The van der Waals surface area contributed by atoms with Gasteiger partial charge in [-0.3, -0.25) is 0 Å². The molecule has 2 aliphatic rings. The Morgan fingerprint density at radius 3 is 2.76 bits per heavy atom. The number of hydrogen-bond acceptors (Lipinski definition) is 7. The van der Waals surface area contributed by atoms with E-state index in [-0.39, 0.29) is 19.5 Å². The lowest BCUT2D eigenvalue weighted by Gasteiger charge is -2.15. The largest absolute Gasteiger partial charge is 0.493 e. The summed E-state index contributed by atoms with van der Waals surface area (Å²) in [6.45, 7) is 0.0568. The van der Waals surface area contributed by atoms with Crippen molar-refractivity contribution in [3.8, 4) is 23.0 Å². The van der Waals surface area contributed by atoms with Gasteiger partial charge in [-0.15, -0.1) is 0 Å². The van der Waals surface area contributed by atoms with Crippen molar-refractivity contribution < 1.29 is 28.9 Å². The molecule has 1 aromatic carbocycles. The highest BCUT2D eigenvalue weighted by Gasteiger charge is 2.29. The van der Waals surface area contributed by atoms with Gasteiger partial charge in [-0.2, -0.15) is 0 Å². The van der Waals surface area contributed by atoms with Crippen molar-refractivity contribution in [3.63, 3.8) is 0 Å². The predicted octanol–water partition coefficient (Wildman–Crippen LogP) is 1.11. The summed E-state index contributed by atoms with van der Waals surface area (Å²) in [4.78, 5) is 5.31. The van der Waals surface area contributed by atoms with Gasteiger partial charge in [0, 0.05) is 18.4 Å². The van der Waals surface area contributed by atoms with Crippen molar-refractivity contribution in [2.24, 2.45) is 5.16 Å². The number of oxime groups is 1. The van der Waals surface area contributed by atoms with Crippen LogP contribution < -0.4 is 18.9 Å². The van der Waals surface area contributed by atoms with Crippen LogP contribution in [0.2, 0.25) is 0 Å². The molecular formula is C14H17NO6. The maximum atomic E-state index is 9.07. The first-order valence-corrected chi connectivity index (χ1v) is 6.62. The number of aliphatic hydroxyl groups is 1. The van der Waals surface area contributed by atoms with Crippen molar-refractivity contribution in [3.05, 3.63) is 11.6 Å². The standard InChI is InChI=1S/C14H17NO6/c1-17-11-4-8(3-10-5-9(6-16)15-21-10)12(18-2)14-13(11)19-7-20-14/h4,10,16H,3,5-7H2,1-2H3/t10-/m1/s1. The van der Waals surface area contributed by atoms with E-state index in [2.05, 4.69) is 5.16 Å². The van der Waals surface area contributed by atoms with Crippen molar-refractivity contribution in [2.45, 2.75) is 18.9 Å². The number of aliphatic hydroxyl groups excluding tert-OH is 1. The van der Waals surface area contributed by atoms with E-state index < -0.39 is 0 Å². The quantitative estimate of drug-likeness (QED) is 0.876. The molecule has 21 heavy (non-hydrogen) atoms. The third kappa shape index (κ3) is 2.44. The molecule has 1 aromatic rings. The van der Waals surface area contributed by atoms with Crippen LogP contribution in [-0.4, -0.2) is 44.5 Å². The third-order valence-corrected chi connectivity index (χ3v) is 3.49. The van der Waals surface area contributed by atoms with Gasteiger partial charge >= 0.3 is 0 Å². The average Bonchev–Trinajstić information content (AvgIpc) is 3.15. The smallest absolute Gasteiger partial charge is 0.231 e. The second-order valence-corrected chi connectivity index (χ2v) is 4.79. The lowest BCUT2D eigenvalue weighted by Crippen LogP contribution is -2.13. The number of benzene rings is 1. The number of hydrogen-bond donors (Lipinski definition) is 1. The number of nitrogens with zero attached hydrogens (tertiary/aromatic N) is 1. The van der Waals surface area contributed by atoms with E-state index in [1.54, 1.807) is 14.2 Å². The van der Waals surface area contributed by atoms with Gasteiger partial charge < -0.3 is 28.9 Å². The second kappa shape index (κ2) is 5.69.